The minimum Gasteiger partial charge on any atom is -0.466 e. The highest BCUT2D eigenvalue weighted by Gasteiger charge is 2.25. The molecule has 6 heteroatoms. The minimum absolute atomic E-state index is 0.105. The van der Waals surface area contributed by atoms with Gasteiger partial charge in [-0.15, -0.1) is 0 Å². The second-order valence-corrected chi connectivity index (χ2v) is 7.71. The average molecular weight is 417 g/mol. The van der Waals surface area contributed by atoms with E-state index in [2.05, 4.69) is 9.88 Å². The molecular weight excluding hydrogens is 388 g/mol. The van der Waals surface area contributed by atoms with Gasteiger partial charge in [0.05, 0.1) is 18.4 Å². The van der Waals surface area contributed by atoms with Crippen molar-refractivity contribution in [1.29, 1.82) is 0 Å². The second-order valence-electron chi connectivity index (χ2n) is 7.27. The van der Waals surface area contributed by atoms with Crippen LogP contribution in [0.15, 0.2) is 48.7 Å². The number of piperidine rings is 1. The van der Waals surface area contributed by atoms with Crippen molar-refractivity contribution in [2.75, 3.05) is 26.2 Å². The van der Waals surface area contributed by atoms with E-state index in [1.807, 2.05) is 49.4 Å². The van der Waals surface area contributed by atoms with Crippen LogP contribution in [0.3, 0.4) is 0 Å². The maximum absolute atomic E-state index is 11.5. The summed E-state index contributed by atoms with van der Waals surface area (Å²) in [6, 6.07) is 13.7. The molecular formula is C23H29ClN2O3. The van der Waals surface area contributed by atoms with Gasteiger partial charge < -0.3 is 14.4 Å². The van der Waals surface area contributed by atoms with Crippen molar-refractivity contribution < 1.29 is 14.3 Å². The number of halogens is 1. The lowest BCUT2D eigenvalue weighted by Gasteiger charge is -2.34. The first kappa shape index (κ1) is 21.8. The van der Waals surface area contributed by atoms with Gasteiger partial charge in [-0.3, -0.25) is 9.78 Å². The second kappa shape index (κ2) is 11.3. The molecule has 0 N–H and O–H groups in total. The van der Waals surface area contributed by atoms with Crippen molar-refractivity contribution in [3.8, 4) is 0 Å². The summed E-state index contributed by atoms with van der Waals surface area (Å²) in [5, 5.41) is 0.713. The van der Waals surface area contributed by atoms with E-state index in [9.17, 15) is 4.79 Å². The number of aromatic nitrogens is 1. The first-order valence-electron chi connectivity index (χ1n) is 10.4. The Bertz CT molecular complexity index is 746. The Kier molecular flexibility index (Phi) is 8.47. The summed E-state index contributed by atoms with van der Waals surface area (Å²) < 4.78 is 11.5. The quantitative estimate of drug-likeness (QED) is 0.557. The summed E-state index contributed by atoms with van der Waals surface area (Å²) >= 11 is 6.06. The van der Waals surface area contributed by atoms with Gasteiger partial charge in [-0.1, -0.05) is 29.8 Å². The zero-order valence-electron chi connectivity index (χ0n) is 16.9. The van der Waals surface area contributed by atoms with Gasteiger partial charge in [-0.2, -0.15) is 0 Å². The standard InChI is InChI=1S/C23H29ClN2O3/c1-2-28-22(27)7-5-15-26-16-12-20(13-17-26)29-23(21-6-3-4-14-25-21)18-8-10-19(24)11-9-18/h3-4,6,8-11,14,20,23H,2,5,7,12-13,15-17H2,1H3/t23-/m1/s1. The molecule has 1 aliphatic rings. The highest BCUT2D eigenvalue weighted by Crippen LogP contribution is 2.29. The molecule has 0 bridgehead atoms. The van der Waals surface area contributed by atoms with Crippen molar-refractivity contribution in [1.82, 2.24) is 9.88 Å². The number of esters is 1. The number of nitrogens with zero attached hydrogens (tertiary/aromatic N) is 2. The molecule has 0 spiro atoms. The number of benzene rings is 1. The zero-order valence-corrected chi connectivity index (χ0v) is 17.7. The molecule has 156 valence electrons. The topological polar surface area (TPSA) is 51.7 Å². The third-order valence-electron chi connectivity index (χ3n) is 5.15. The number of likely N-dealkylation sites (tertiary alicyclic amines) is 1. The van der Waals surface area contributed by atoms with Crippen LogP contribution < -0.4 is 0 Å². The fourth-order valence-corrected chi connectivity index (χ4v) is 3.76. The third kappa shape index (κ3) is 6.81. The maximum Gasteiger partial charge on any atom is 0.305 e. The van der Waals surface area contributed by atoms with Crippen molar-refractivity contribution in [3.63, 3.8) is 0 Å². The van der Waals surface area contributed by atoms with E-state index < -0.39 is 0 Å². The molecule has 0 saturated carbocycles. The number of pyridine rings is 1. The summed E-state index contributed by atoms with van der Waals surface area (Å²) in [7, 11) is 0. The lowest BCUT2D eigenvalue weighted by molar-refractivity contribution is -0.143. The third-order valence-corrected chi connectivity index (χ3v) is 5.40. The van der Waals surface area contributed by atoms with Crippen molar-refractivity contribution in [3.05, 3.63) is 64.9 Å². The van der Waals surface area contributed by atoms with Crippen LogP contribution in [0, 0.1) is 0 Å². The van der Waals surface area contributed by atoms with Crippen molar-refractivity contribution in [2.45, 2.75) is 44.8 Å². The van der Waals surface area contributed by atoms with Crippen LogP contribution in [-0.4, -0.2) is 48.2 Å². The van der Waals surface area contributed by atoms with E-state index >= 15 is 0 Å². The Balaban J connectivity index is 1.53. The van der Waals surface area contributed by atoms with Crippen LogP contribution in [0.1, 0.15) is 50.0 Å². The van der Waals surface area contributed by atoms with Gasteiger partial charge in [0, 0.05) is 30.7 Å². The Hall–Kier alpha value is -1.95. The number of hydrogen-bond acceptors (Lipinski definition) is 5. The normalized spacial score (nSPS) is 16.5. The predicted octanol–water partition coefficient (Wildman–Crippen LogP) is 4.65. The van der Waals surface area contributed by atoms with Gasteiger partial charge in [-0.05, 0) is 62.6 Å². The Morgan fingerprint density at radius 2 is 1.97 bits per heavy atom. The molecule has 1 aromatic carbocycles. The lowest BCUT2D eigenvalue weighted by atomic mass is 10.0. The first-order chi connectivity index (χ1) is 14.2. The molecule has 0 aliphatic carbocycles. The number of rotatable bonds is 9. The highest BCUT2D eigenvalue weighted by molar-refractivity contribution is 6.30. The first-order valence-corrected chi connectivity index (χ1v) is 10.7. The van der Waals surface area contributed by atoms with E-state index in [0.29, 0.717) is 18.1 Å². The van der Waals surface area contributed by atoms with E-state index in [0.717, 1.165) is 50.2 Å². The average Bonchev–Trinajstić information content (AvgIpc) is 2.75. The van der Waals surface area contributed by atoms with Gasteiger partial charge >= 0.3 is 5.97 Å². The molecule has 1 aromatic heterocycles. The SMILES string of the molecule is CCOC(=O)CCCN1CCC(O[C@H](c2ccc(Cl)cc2)c2ccccn2)CC1. The fraction of sp³-hybridized carbons (Fsp3) is 0.478. The van der Waals surface area contributed by atoms with E-state index in [4.69, 9.17) is 21.1 Å². The number of carbonyl (C=O) groups excluding carboxylic acids is 1. The van der Waals surface area contributed by atoms with Crippen LogP contribution in [0.5, 0.6) is 0 Å². The fourth-order valence-electron chi connectivity index (χ4n) is 3.63. The van der Waals surface area contributed by atoms with Crippen LogP contribution >= 0.6 is 11.6 Å². The Morgan fingerprint density at radius 1 is 1.21 bits per heavy atom. The molecule has 29 heavy (non-hydrogen) atoms. The molecule has 3 rings (SSSR count). The van der Waals surface area contributed by atoms with Crippen LogP contribution in [-0.2, 0) is 14.3 Å². The Morgan fingerprint density at radius 3 is 2.62 bits per heavy atom. The lowest BCUT2D eigenvalue weighted by Crippen LogP contribution is -2.38. The predicted molar refractivity (Wildman–Crippen MR) is 114 cm³/mol. The summed E-state index contributed by atoms with van der Waals surface area (Å²) in [5.74, 6) is -0.105. The molecule has 0 radical (unpaired) electrons. The molecule has 1 aliphatic heterocycles. The molecule has 1 saturated heterocycles. The van der Waals surface area contributed by atoms with Gasteiger partial charge in [0.15, 0.2) is 0 Å². The van der Waals surface area contributed by atoms with E-state index in [1.165, 1.54) is 0 Å². The summed E-state index contributed by atoms with van der Waals surface area (Å²) in [6.07, 6.45) is 5.04. The highest BCUT2D eigenvalue weighted by atomic mass is 35.5. The van der Waals surface area contributed by atoms with Gasteiger partial charge in [0.2, 0.25) is 0 Å². The molecule has 5 nitrogen and oxygen atoms in total. The van der Waals surface area contributed by atoms with Gasteiger partial charge in [-0.25, -0.2) is 0 Å². The van der Waals surface area contributed by atoms with Gasteiger partial charge in [0.1, 0.15) is 6.10 Å². The van der Waals surface area contributed by atoms with E-state index in [1.54, 1.807) is 6.20 Å². The number of ether oxygens (including phenoxy) is 2. The number of carbonyl (C=O) groups is 1. The van der Waals surface area contributed by atoms with Crippen molar-refractivity contribution >= 4 is 17.6 Å². The van der Waals surface area contributed by atoms with E-state index in [-0.39, 0.29) is 18.2 Å². The zero-order chi connectivity index (χ0) is 20.5. The summed E-state index contributed by atoms with van der Waals surface area (Å²) in [6.45, 7) is 5.16. The smallest absolute Gasteiger partial charge is 0.305 e. The molecule has 0 unspecified atom stereocenters. The Labute approximate surface area is 178 Å². The molecule has 1 atom stereocenters. The molecule has 2 aromatic rings. The largest absolute Gasteiger partial charge is 0.466 e. The maximum atomic E-state index is 11.5. The molecule has 2 heterocycles. The number of hydrogen-bond donors (Lipinski definition) is 0. The van der Waals surface area contributed by atoms with Crippen LogP contribution in [0.2, 0.25) is 5.02 Å². The van der Waals surface area contributed by atoms with Crippen LogP contribution in [0.4, 0.5) is 0 Å². The summed E-state index contributed by atoms with van der Waals surface area (Å²) in [4.78, 5) is 18.4. The van der Waals surface area contributed by atoms with Gasteiger partial charge in [0.25, 0.3) is 0 Å². The van der Waals surface area contributed by atoms with Crippen molar-refractivity contribution in [2.24, 2.45) is 0 Å². The molecule has 0 amide bonds. The molecule has 1 fully saturated rings. The van der Waals surface area contributed by atoms with Crippen LogP contribution in [0.25, 0.3) is 0 Å². The minimum atomic E-state index is -0.200. The monoisotopic (exact) mass is 416 g/mol. The summed E-state index contributed by atoms with van der Waals surface area (Å²) in [5.41, 5.74) is 1.97.